The molecular weight excluding hydrogens is 272 g/mol. The molecule has 0 saturated carbocycles. The van der Waals surface area contributed by atoms with Crippen LogP contribution in [0.5, 0.6) is 0 Å². The van der Waals surface area contributed by atoms with Crippen molar-refractivity contribution in [3.8, 4) is 0 Å². The maximum absolute atomic E-state index is 11.8. The molecule has 4 nitrogen and oxygen atoms in total. The molecule has 2 rings (SSSR count). The van der Waals surface area contributed by atoms with Gasteiger partial charge in [-0.1, -0.05) is 24.3 Å². The van der Waals surface area contributed by atoms with Crippen LogP contribution in [0.3, 0.4) is 0 Å². The highest BCUT2D eigenvalue weighted by molar-refractivity contribution is 7.89. The molecule has 20 heavy (non-hydrogen) atoms. The molecule has 0 radical (unpaired) electrons. The second-order valence-electron chi connectivity index (χ2n) is 5.13. The van der Waals surface area contributed by atoms with Gasteiger partial charge in [0.05, 0.1) is 4.90 Å². The monoisotopic (exact) mass is 294 g/mol. The van der Waals surface area contributed by atoms with Crippen molar-refractivity contribution in [3.05, 3.63) is 42.0 Å². The molecule has 0 amide bonds. The highest BCUT2D eigenvalue weighted by Crippen LogP contribution is 2.20. The van der Waals surface area contributed by atoms with Crippen LogP contribution in [0, 0.1) is 0 Å². The zero-order valence-corrected chi connectivity index (χ0v) is 12.8. The average Bonchev–Trinajstić information content (AvgIpc) is 2.48. The Morgan fingerprint density at radius 3 is 2.80 bits per heavy atom. The molecule has 0 aliphatic heterocycles. The van der Waals surface area contributed by atoms with Gasteiger partial charge in [0.25, 0.3) is 0 Å². The SMILES string of the molecule is CNS(=O)(=O)c1cccc(C(C)NC2C=CCCC2)c1. The van der Waals surface area contributed by atoms with E-state index in [0.29, 0.717) is 10.9 Å². The first-order valence-corrected chi connectivity index (χ1v) is 8.47. The summed E-state index contributed by atoms with van der Waals surface area (Å²) in [7, 11) is -1.95. The first-order chi connectivity index (χ1) is 9.53. The van der Waals surface area contributed by atoms with Crippen LogP contribution in [-0.2, 0) is 10.0 Å². The van der Waals surface area contributed by atoms with E-state index in [1.807, 2.05) is 6.07 Å². The summed E-state index contributed by atoms with van der Waals surface area (Å²) in [5.41, 5.74) is 0.986. The fourth-order valence-electron chi connectivity index (χ4n) is 2.44. The van der Waals surface area contributed by atoms with Gasteiger partial charge >= 0.3 is 0 Å². The van der Waals surface area contributed by atoms with E-state index in [0.717, 1.165) is 18.4 Å². The van der Waals surface area contributed by atoms with Crippen LogP contribution in [-0.4, -0.2) is 21.5 Å². The molecule has 2 unspecified atom stereocenters. The fraction of sp³-hybridized carbons (Fsp3) is 0.467. The van der Waals surface area contributed by atoms with Crippen molar-refractivity contribution in [1.82, 2.24) is 10.0 Å². The Labute approximate surface area is 121 Å². The largest absolute Gasteiger partial charge is 0.304 e. The standard InChI is InChI=1S/C15H22N2O2S/c1-12(17-14-8-4-3-5-9-14)13-7-6-10-15(11-13)20(18,19)16-2/h4,6-8,10-12,14,16-17H,3,5,9H2,1-2H3. The summed E-state index contributed by atoms with van der Waals surface area (Å²) in [5, 5.41) is 3.53. The third-order valence-corrected chi connectivity index (χ3v) is 5.07. The van der Waals surface area contributed by atoms with E-state index >= 15 is 0 Å². The lowest BCUT2D eigenvalue weighted by Crippen LogP contribution is -2.31. The number of nitrogens with one attached hydrogen (secondary N) is 2. The Bertz CT molecular complexity index is 581. The summed E-state index contributed by atoms with van der Waals surface area (Å²) < 4.78 is 26.0. The molecule has 0 aromatic heterocycles. The zero-order chi connectivity index (χ0) is 14.6. The van der Waals surface area contributed by atoms with Gasteiger partial charge in [-0.05, 0) is 50.9 Å². The summed E-state index contributed by atoms with van der Waals surface area (Å²) >= 11 is 0. The predicted molar refractivity (Wildman–Crippen MR) is 81.0 cm³/mol. The van der Waals surface area contributed by atoms with Crippen molar-refractivity contribution < 1.29 is 8.42 Å². The van der Waals surface area contributed by atoms with E-state index in [9.17, 15) is 8.42 Å². The minimum Gasteiger partial charge on any atom is -0.304 e. The lowest BCUT2D eigenvalue weighted by Gasteiger charge is -2.23. The summed E-state index contributed by atoms with van der Waals surface area (Å²) in [4.78, 5) is 0.310. The average molecular weight is 294 g/mol. The molecule has 1 aliphatic rings. The van der Waals surface area contributed by atoms with Gasteiger partial charge in [-0.15, -0.1) is 0 Å². The lowest BCUT2D eigenvalue weighted by molar-refractivity contribution is 0.467. The third kappa shape index (κ3) is 3.69. The number of benzene rings is 1. The third-order valence-electron chi connectivity index (χ3n) is 3.66. The van der Waals surface area contributed by atoms with Gasteiger partial charge in [0.15, 0.2) is 0 Å². The number of allylic oxidation sites excluding steroid dienone is 1. The number of hydrogen-bond acceptors (Lipinski definition) is 3. The van der Waals surface area contributed by atoms with E-state index in [4.69, 9.17) is 0 Å². The first-order valence-electron chi connectivity index (χ1n) is 6.99. The molecule has 0 spiro atoms. The summed E-state index contributed by atoms with van der Waals surface area (Å²) in [6.45, 7) is 2.06. The summed E-state index contributed by atoms with van der Waals surface area (Å²) in [6.07, 6.45) is 7.90. The molecule has 0 bridgehead atoms. The van der Waals surface area contributed by atoms with Gasteiger partial charge in [0.2, 0.25) is 10.0 Å². The Hall–Kier alpha value is -1.17. The quantitative estimate of drug-likeness (QED) is 0.820. The molecule has 2 atom stereocenters. The number of rotatable bonds is 5. The Kier molecular flexibility index (Phi) is 4.96. The first kappa shape index (κ1) is 15.2. The van der Waals surface area contributed by atoms with E-state index in [-0.39, 0.29) is 6.04 Å². The van der Waals surface area contributed by atoms with E-state index in [1.54, 1.807) is 18.2 Å². The molecule has 5 heteroatoms. The maximum Gasteiger partial charge on any atom is 0.240 e. The highest BCUT2D eigenvalue weighted by atomic mass is 32.2. The van der Waals surface area contributed by atoms with Crippen LogP contribution in [0.1, 0.15) is 37.8 Å². The van der Waals surface area contributed by atoms with Crippen molar-refractivity contribution in [2.45, 2.75) is 43.2 Å². The van der Waals surface area contributed by atoms with Gasteiger partial charge in [-0.25, -0.2) is 13.1 Å². The van der Waals surface area contributed by atoms with E-state index in [2.05, 4.69) is 29.1 Å². The van der Waals surface area contributed by atoms with Gasteiger partial charge in [-0.3, -0.25) is 0 Å². The Morgan fingerprint density at radius 2 is 2.15 bits per heavy atom. The van der Waals surface area contributed by atoms with Crippen molar-refractivity contribution in [1.29, 1.82) is 0 Å². The molecule has 0 saturated heterocycles. The van der Waals surface area contributed by atoms with Gasteiger partial charge in [0.1, 0.15) is 0 Å². The van der Waals surface area contributed by atoms with Crippen molar-refractivity contribution in [2.24, 2.45) is 0 Å². The highest BCUT2D eigenvalue weighted by Gasteiger charge is 2.16. The molecule has 1 aromatic carbocycles. The van der Waals surface area contributed by atoms with Crippen LogP contribution in [0.15, 0.2) is 41.3 Å². The minimum absolute atomic E-state index is 0.120. The molecular formula is C15H22N2O2S. The minimum atomic E-state index is -3.38. The summed E-state index contributed by atoms with van der Waals surface area (Å²) in [5.74, 6) is 0. The second kappa shape index (κ2) is 6.52. The molecule has 110 valence electrons. The van der Waals surface area contributed by atoms with Crippen molar-refractivity contribution >= 4 is 10.0 Å². The number of hydrogen-bond donors (Lipinski definition) is 2. The molecule has 1 aromatic rings. The van der Waals surface area contributed by atoms with Crippen molar-refractivity contribution in [3.63, 3.8) is 0 Å². The van der Waals surface area contributed by atoms with E-state index in [1.165, 1.54) is 13.5 Å². The molecule has 1 aliphatic carbocycles. The normalized spacial score (nSPS) is 20.8. The van der Waals surface area contributed by atoms with Crippen LogP contribution in [0.4, 0.5) is 0 Å². The van der Waals surface area contributed by atoms with Gasteiger partial charge in [0, 0.05) is 12.1 Å². The van der Waals surface area contributed by atoms with Gasteiger partial charge in [-0.2, -0.15) is 0 Å². The van der Waals surface area contributed by atoms with E-state index < -0.39 is 10.0 Å². The maximum atomic E-state index is 11.8. The van der Waals surface area contributed by atoms with Gasteiger partial charge < -0.3 is 5.32 Å². The van der Waals surface area contributed by atoms with Crippen LogP contribution in [0.2, 0.25) is 0 Å². The van der Waals surface area contributed by atoms with Crippen LogP contribution >= 0.6 is 0 Å². The fourth-order valence-corrected chi connectivity index (χ4v) is 3.22. The zero-order valence-electron chi connectivity index (χ0n) is 12.0. The smallest absolute Gasteiger partial charge is 0.240 e. The Balaban J connectivity index is 2.14. The Morgan fingerprint density at radius 1 is 1.35 bits per heavy atom. The number of sulfonamides is 1. The molecule has 0 heterocycles. The molecule has 2 N–H and O–H groups in total. The second-order valence-corrected chi connectivity index (χ2v) is 7.02. The predicted octanol–water partition coefficient (Wildman–Crippen LogP) is 2.35. The topological polar surface area (TPSA) is 58.2 Å². The molecule has 0 fully saturated rings. The van der Waals surface area contributed by atoms with Crippen molar-refractivity contribution in [2.75, 3.05) is 7.05 Å². The van der Waals surface area contributed by atoms with Crippen LogP contribution in [0.25, 0.3) is 0 Å². The van der Waals surface area contributed by atoms with Crippen LogP contribution < -0.4 is 10.0 Å². The lowest BCUT2D eigenvalue weighted by atomic mass is 10.0. The summed E-state index contributed by atoms with van der Waals surface area (Å²) in [6, 6.07) is 7.59.